The van der Waals surface area contributed by atoms with Gasteiger partial charge in [-0.15, -0.1) is 0 Å². The average molecular weight is 253 g/mol. The second-order valence-corrected chi connectivity index (χ2v) is 7.19. The second-order valence-electron chi connectivity index (χ2n) is 4.96. The first-order valence-electron chi connectivity index (χ1n) is 6.00. The zero-order valence-electron chi connectivity index (χ0n) is 10.0. The maximum atomic E-state index is 11.5. The third-order valence-corrected chi connectivity index (χ3v) is 5.56. The van der Waals surface area contributed by atoms with E-state index in [4.69, 9.17) is 5.73 Å². The van der Waals surface area contributed by atoms with Gasteiger partial charge in [0.05, 0.1) is 11.5 Å². The van der Waals surface area contributed by atoms with Gasteiger partial charge in [-0.05, 0) is 23.8 Å². The van der Waals surface area contributed by atoms with E-state index in [-0.39, 0.29) is 17.9 Å². The van der Waals surface area contributed by atoms with Crippen LogP contribution < -0.4 is 5.73 Å². The van der Waals surface area contributed by atoms with Crippen molar-refractivity contribution in [2.24, 2.45) is 17.6 Å². The topological polar surface area (TPSA) is 60.2 Å². The van der Waals surface area contributed by atoms with E-state index < -0.39 is 9.84 Å². The Morgan fingerprint density at radius 3 is 2.47 bits per heavy atom. The fourth-order valence-electron chi connectivity index (χ4n) is 2.51. The Kier molecular flexibility index (Phi) is 3.54. The van der Waals surface area contributed by atoms with Crippen molar-refractivity contribution in [1.29, 1.82) is 0 Å². The van der Waals surface area contributed by atoms with Gasteiger partial charge in [0.2, 0.25) is 0 Å². The molecule has 94 valence electrons. The predicted octanol–water partition coefficient (Wildman–Crippen LogP) is 1.76. The molecule has 1 saturated heterocycles. The summed E-state index contributed by atoms with van der Waals surface area (Å²) in [7, 11) is -2.81. The highest BCUT2D eigenvalue weighted by Crippen LogP contribution is 2.32. The predicted molar refractivity (Wildman–Crippen MR) is 69.3 cm³/mol. The van der Waals surface area contributed by atoms with Gasteiger partial charge >= 0.3 is 0 Å². The number of rotatable bonds is 3. The molecule has 1 aliphatic rings. The van der Waals surface area contributed by atoms with Crippen LogP contribution >= 0.6 is 0 Å². The van der Waals surface area contributed by atoms with Gasteiger partial charge in [0, 0.05) is 6.04 Å². The maximum Gasteiger partial charge on any atom is 0.150 e. The largest absolute Gasteiger partial charge is 0.324 e. The van der Waals surface area contributed by atoms with E-state index in [0.717, 1.165) is 12.0 Å². The number of nitrogens with two attached hydrogens (primary N) is 1. The SMILES string of the molecule is CC(C1CCS(=O)(=O)C1)C(N)c1ccccc1. The minimum absolute atomic E-state index is 0.0745. The van der Waals surface area contributed by atoms with E-state index in [9.17, 15) is 8.42 Å². The maximum absolute atomic E-state index is 11.5. The molecule has 1 aromatic rings. The van der Waals surface area contributed by atoms with Crippen LogP contribution in [0.2, 0.25) is 0 Å². The van der Waals surface area contributed by atoms with Crippen molar-refractivity contribution in [3.63, 3.8) is 0 Å². The smallest absolute Gasteiger partial charge is 0.150 e. The first kappa shape index (κ1) is 12.6. The Morgan fingerprint density at radius 2 is 1.94 bits per heavy atom. The normalized spacial score (nSPS) is 26.6. The lowest BCUT2D eigenvalue weighted by atomic mass is 9.84. The summed E-state index contributed by atoms with van der Waals surface area (Å²) in [5.74, 6) is 1.03. The Morgan fingerprint density at radius 1 is 1.29 bits per heavy atom. The first-order chi connectivity index (χ1) is 7.99. The molecule has 17 heavy (non-hydrogen) atoms. The molecule has 2 N–H and O–H groups in total. The Labute approximate surface area is 103 Å². The summed E-state index contributed by atoms with van der Waals surface area (Å²) in [5.41, 5.74) is 7.30. The standard InChI is InChI=1S/C13H19NO2S/c1-10(12-7-8-17(15,16)9-12)13(14)11-5-3-2-4-6-11/h2-6,10,12-13H,7-9,14H2,1H3. The van der Waals surface area contributed by atoms with Crippen LogP contribution in [0.1, 0.15) is 24.9 Å². The lowest BCUT2D eigenvalue weighted by molar-refractivity contribution is 0.335. The van der Waals surface area contributed by atoms with Gasteiger partial charge in [0.1, 0.15) is 0 Å². The molecule has 1 heterocycles. The van der Waals surface area contributed by atoms with Crippen molar-refractivity contribution in [1.82, 2.24) is 0 Å². The Hall–Kier alpha value is -0.870. The van der Waals surface area contributed by atoms with Crippen LogP contribution in [0.4, 0.5) is 0 Å². The van der Waals surface area contributed by atoms with Crippen LogP contribution in [0, 0.1) is 11.8 Å². The Balaban J connectivity index is 2.08. The zero-order chi connectivity index (χ0) is 12.5. The van der Waals surface area contributed by atoms with Crippen molar-refractivity contribution in [3.8, 4) is 0 Å². The molecule has 2 rings (SSSR count). The van der Waals surface area contributed by atoms with Crippen molar-refractivity contribution in [3.05, 3.63) is 35.9 Å². The summed E-state index contributed by atoms with van der Waals surface area (Å²) in [6.45, 7) is 2.06. The summed E-state index contributed by atoms with van der Waals surface area (Å²) in [6, 6.07) is 9.83. The van der Waals surface area contributed by atoms with E-state index in [2.05, 4.69) is 6.92 Å². The van der Waals surface area contributed by atoms with E-state index in [1.54, 1.807) is 0 Å². The molecule has 1 aliphatic heterocycles. The third kappa shape index (κ3) is 2.87. The second kappa shape index (κ2) is 4.78. The van der Waals surface area contributed by atoms with Gasteiger partial charge in [-0.25, -0.2) is 8.42 Å². The molecular formula is C13H19NO2S. The molecule has 0 aromatic heterocycles. The lowest BCUT2D eigenvalue weighted by Gasteiger charge is -2.25. The fraction of sp³-hybridized carbons (Fsp3) is 0.538. The van der Waals surface area contributed by atoms with Gasteiger partial charge in [-0.2, -0.15) is 0 Å². The molecular weight excluding hydrogens is 234 g/mol. The third-order valence-electron chi connectivity index (χ3n) is 3.76. The van der Waals surface area contributed by atoms with E-state index in [0.29, 0.717) is 11.5 Å². The van der Waals surface area contributed by atoms with E-state index in [1.807, 2.05) is 30.3 Å². The fourth-order valence-corrected chi connectivity index (χ4v) is 4.46. The minimum atomic E-state index is -2.81. The molecule has 1 aromatic carbocycles. The number of sulfone groups is 1. The monoisotopic (exact) mass is 253 g/mol. The summed E-state index contributed by atoms with van der Waals surface area (Å²) >= 11 is 0. The first-order valence-corrected chi connectivity index (χ1v) is 7.83. The zero-order valence-corrected chi connectivity index (χ0v) is 10.9. The molecule has 4 heteroatoms. The molecule has 1 fully saturated rings. The molecule has 0 aliphatic carbocycles. The lowest BCUT2D eigenvalue weighted by Crippen LogP contribution is -2.26. The van der Waals surface area contributed by atoms with Gasteiger partial charge < -0.3 is 5.73 Å². The Bertz CT molecular complexity index is 469. The van der Waals surface area contributed by atoms with E-state index in [1.165, 1.54) is 0 Å². The highest BCUT2D eigenvalue weighted by Gasteiger charge is 2.34. The van der Waals surface area contributed by atoms with Crippen LogP contribution in [0.5, 0.6) is 0 Å². The molecule has 0 radical (unpaired) electrons. The number of benzene rings is 1. The summed E-state index contributed by atoms with van der Waals surface area (Å²) in [6.07, 6.45) is 0.754. The molecule has 0 spiro atoms. The van der Waals surface area contributed by atoms with Gasteiger partial charge in [-0.3, -0.25) is 0 Å². The highest BCUT2D eigenvalue weighted by atomic mass is 32.2. The van der Waals surface area contributed by atoms with Gasteiger partial charge in [-0.1, -0.05) is 37.3 Å². The van der Waals surface area contributed by atoms with Crippen molar-refractivity contribution < 1.29 is 8.42 Å². The summed E-state index contributed by atoms with van der Waals surface area (Å²) in [5, 5.41) is 0. The summed E-state index contributed by atoms with van der Waals surface area (Å²) in [4.78, 5) is 0. The molecule has 3 unspecified atom stereocenters. The molecule has 0 bridgehead atoms. The average Bonchev–Trinajstić information content (AvgIpc) is 2.69. The van der Waals surface area contributed by atoms with E-state index >= 15 is 0 Å². The highest BCUT2D eigenvalue weighted by molar-refractivity contribution is 7.91. The van der Waals surface area contributed by atoms with Crippen molar-refractivity contribution in [2.75, 3.05) is 11.5 Å². The quantitative estimate of drug-likeness (QED) is 0.893. The molecule has 0 amide bonds. The number of hydrogen-bond acceptors (Lipinski definition) is 3. The van der Waals surface area contributed by atoms with Gasteiger partial charge in [0.25, 0.3) is 0 Å². The van der Waals surface area contributed by atoms with Gasteiger partial charge in [0.15, 0.2) is 9.84 Å². The minimum Gasteiger partial charge on any atom is -0.324 e. The molecule has 3 atom stereocenters. The molecule has 3 nitrogen and oxygen atoms in total. The summed E-state index contributed by atoms with van der Waals surface area (Å²) < 4.78 is 22.9. The molecule has 0 saturated carbocycles. The van der Waals surface area contributed by atoms with Crippen LogP contribution in [-0.2, 0) is 9.84 Å². The van der Waals surface area contributed by atoms with Crippen LogP contribution in [0.3, 0.4) is 0 Å². The van der Waals surface area contributed by atoms with Crippen molar-refractivity contribution in [2.45, 2.75) is 19.4 Å². The van der Waals surface area contributed by atoms with Crippen molar-refractivity contribution >= 4 is 9.84 Å². The number of hydrogen-bond donors (Lipinski definition) is 1. The van der Waals surface area contributed by atoms with Crippen LogP contribution in [-0.4, -0.2) is 19.9 Å². The van der Waals surface area contributed by atoms with Crippen LogP contribution in [0.15, 0.2) is 30.3 Å². The van der Waals surface area contributed by atoms with Crippen LogP contribution in [0.25, 0.3) is 0 Å².